The van der Waals surface area contributed by atoms with Gasteiger partial charge in [-0.15, -0.1) is 11.8 Å². The van der Waals surface area contributed by atoms with Gasteiger partial charge in [-0.1, -0.05) is 12.1 Å². The minimum Gasteiger partial charge on any atom is -0.478 e. The van der Waals surface area contributed by atoms with E-state index < -0.39 is 5.97 Å². The lowest BCUT2D eigenvalue weighted by Crippen LogP contribution is -2.36. The first-order valence-electron chi connectivity index (χ1n) is 8.02. The predicted molar refractivity (Wildman–Crippen MR) is 95.2 cm³/mol. The number of benzene rings is 1. The number of thioether (sulfide) groups is 1. The minimum absolute atomic E-state index is 0.0111. The van der Waals surface area contributed by atoms with Crippen LogP contribution in [0.2, 0.25) is 0 Å². The second kappa shape index (κ2) is 7.65. The van der Waals surface area contributed by atoms with E-state index in [1.54, 1.807) is 30.1 Å². The van der Waals surface area contributed by atoms with Crippen LogP contribution >= 0.6 is 11.8 Å². The molecule has 0 saturated carbocycles. The third kappa shape index (κ3) is 3.91. The lowest BCUT2D eigenvalue weighted by atomic mass is 10.2. The summed E-state index contributed by atoms with van der Waals surface area (Å²) < 4.78 is 5.23. The van der Waals surface area contributed by atoms with Gasteiger partial charge < -0.3 is 19.7 Å². The Morgan fingerprint density at radius 3 is 2.77 bits per heavy atom. The van der Waals surface area contributed by atoms with Crippen molar-refractivity contribution in [3.05, 3.63) is 53.5 Å². The van der Waals surface area contributed by atoms with E-state index in [1.165, 1.54) is 24.1 Å². The molecule has 7 nitrogen and oxygen atoms in total. The summed E-state index contributed by atoms with van der Waals surface area (Å²) in [5.74, 6) is -0.643. The molecule has 1 fully saturated rings. The number of carbonyl (C=O) groups excluding carboxylic acids is 2. The number of amides is 2. The number of likely N-dealkylation sites (tertiary alicyclic amines) is 1. The summed E-state index contributed by atoms with van der Waals surface area (Å²) in [7, 11) is 1.71. The molecule has 1 aromatic carbocycles. The van der Waals surface area contributed by atoms with Crippen molar-refractivity contribution in [3.63, 3.8) is 0 Å². The second-order valence-electron chi connectivity index (χ2n) is 6.00. The SMILES string of the molecule is CN1CC(NC(=O)c2ccccc2SCc2occc2C(=O)O)CC1=O. The summed E-state index contributed by atoms with van der Waals surface area (Å²) in [6, 6.07) is 8.28. The smallest absolute Gasteiger partial charge is 0.339 e. The van der Waals surface area contributed by atoms with Gasteiger partial charge in [-0.3, -0.25) is 9.59 Å². The van der Waals surface area contributed by atoms with Crippen LogP contribution in [0.3, 0.4) is 0 Å². The highest BCUT2D eigenvalue weighted by atomic mass is 32.2. The van der Waals surface area contributed by atoms with Crippen molar-refractivity contribution < 1.29 is 23.9 Å². The molecule has 1 aliphatic rings. The molecular formula is C18H18N2O5S. The Labute approximate surface area is 154 Å². The number of carboxylic acid groups (broad SMARTS) is 1. The van der Waals surface area contributed by atoms with Gasteiger partial charge in [0.25, 0.3) is 5.91 Å². The van der Waals surface area contributed by atoms with Gasteiger partial charge in [0.2, 0.25) is 5.91 Å². The Hall–Kier alpha value is -2.74. The maximum Gasteiger partial charge on any atom is 0.339 e. The van der Waals surface area contributed by atoms with Crippen LogP contribution in [0.25, 0.3) is 0 Å². The fourth-order valence-corrected chi connectivity index (χ4v) is 3.79. The Morgan fingerprint density at radius 1 is 1.31 bits per heavy atom. The Morgan fingerprint density at radius 2 is 2.08 bits per heavy atom. The standard InChI is InChI=1S/C18H18N2O5S/c1-20-9-11(8-16(20)21)19-17(22)13-4-2-3-5-15(13)26-10-14-12(18(23)24)6-7-25-14/h2-7,11H,8-10H2,1H3,(H,19,22)(H,23,24). The molecule has 3 rings (SSSR count). The van der Waals surface area contributed by atoms with Gasteiger partial charge in [0.15, 0.2) is 0 Å². The zero-order valence-electron chi connectivity index (χ0n) is 14.1. The first kappa shape index (κ1) is 18.1. The van der Waals surface area contributed by atoms with Crippen molar-refractivity contribution in [2.45, 2.75) is 23.1 Å². The summed E-state index contributed by atoms with van der Waals surface area (Å²) in [6.07, 6.45) is 1.64. The Bertz CT molecular complexity index is 848. The van der Waals surface area contributed by atoms with E-state index in [0.29, 0.717) is 30.0 Å². The first-order chi connectivity index (χ1) is 12.5. The van der Waals surface area contributed by atoms with Crippen LogP contribution in [0.15, 0.2) is 45.9 Å². The number of rotatable bonds is 6. The number of carbonyl (C=O) groups is 3. The zero-order chi connectivity index (χ0) is 18.7. The van der Waals surface area contributed by atoms with E-state index in [4.69, 9.17) is 9.52 Å². The molecule has 0 radical (unpaired) electrons. The molecule has 8 heteroatoms. The minimum atomic E-state index is -1.05. The molecule has 1 saturated heterocycles. The summed E-state index contributed by atoms with van der Waals surface area (Å²) in [4.78, 5) is 37.7. The number of likely N-dealkylation sites (N-methyl/N-ethyl adjacent to an activating group) is 1. The molecule has 1 unspecified atom stereocenters. The van der Waals surface area contributed by atoms with E-state index >= 15 is 0 Å². The van der Waals surface area contributed by atoms with Crippen molar-refractivity contribution in [1.82, 2.24) is 10.2 Å². The van der Waals surface area contributed by atoms with E-state index in [1.807, 2.05) is 6.07 Å². The van der Waals surface area contributed by atoms with Crippen molar-refractivity contribution in [2.24, 2.45) is 0 Å². The molecule has 0 aliphatic carbocycles. The van der Waals surface area contributed by atoms with Crippen molar-refractivity contribution in [1.29, 1.82) is 0 Å². The molecule has 2 N–H and O–H groups in total. The van der Waals surface area contributed by atoms with Gasteiger partial charge in [-0.05, 0) is 18.2 Å². The quantitative estimate of drug-likeness (QED) is 0.752. The lowest BCUT2D eigenvalue weighted by Gasteiger charge is -2.14. The number of hydrogen-bond donors (Lipinski definition) is 2. The van der Waals surface area contributed by atoms with E-state index in [-0.39, 0.29) is 23.4 Å². The van der Waals surface area contributed by atoms with E-state index in [9.17, 15) is 14.4 Å². The fourth-order valence-electron chi connectivity index (χ4n) is 2.79. The van der Waals surface area contributed by atoms with Crippen LogP contribution < -0.4 is 5.32 Å². The number of aromatic carboxylic acids is 1. The van der Waals surface area contributed by atoms with Crippen LogP contribution in [0, 0.1) is 0 Å². The highest BCUT2D eigenvalue weighted by Gasteiger charge is 2.28. The number of nitrogens with zero attached hydrogens (tertiary/aromatic N) is 1. The predicted octanol–water partition coefficient (Wildman–Crippen LogP) is 2.23. The monoisotopic (exact) mass is 374 g/mol. The lowest BCUT2D eigenvalue weighted by molar-refractivity contribution is -0.126. The molecule has 1 aliphatic heterocycles. The van der Waals surface area contributed by atoms with Gasteiger partial charge in [-0.25, -0.2) is 4.79 Å². The molecule has 136 valence electrons. The molecule has 0 bridgehead atoms. The second-order valence-corrected chi connectivity index (χ2v) is 7.01. The molecule has 1 aromatic heterocycles. The molecule has 2 heterocycles. The van der Waals surface area contributed by atoms with E-state index in [0.717, 1.165) is 4.90 Å². The zero-order valence-corrected chi connectivity index (χ0v) is 14.9. The Balaban J connectivity index is 1.70. The summed E-state index contributed by atoms with van der Waals surface area (Å²) in [5.41, 5.74) is 0.606. The first-order valence-corrected chi connectivity index (χ1v) is 9.00. The van der Waals surface area contributed by atoms with Gasteiger partial charge in [0.1, 0.15) is 11.3 Å². The van der Waals surface area contributed by atoms with Gasteiger partial charge in [0.05, 0.1) is 23.6 Å². The highest BCUT2D eigenvalue weighted by molar-refractivity contribution is 7.98. The fraction of sp³-hybridized carbons (Fsp3) is 0.278. The molecule has 26 heavy (non-hydrogen) atoms. The molecule has 2 aromatic rings. The highest BCUT2D eigenvalue weighted by Crippen LogP contribution is 2.28. The van der Waals surface area contributed by atoms with Crippen molar-refractivity contribution in [3.8, 4) is 0 Å². The average molecular weight is 374 g/mol. The number of carboxylic acids is 1. The van der Waals surface area contributed by atoms with Crippen LogP contribution in [0.5, 0.6) is 0 Å². The maximum atomic E-state index is 12.6. The third-order valence-electron chi connectivity index (χ3n) is 4.14. The summed E-state index contributed by atoms with van der Waals surface area (Å²) in [5, 5.41) is 12.0. The molecule has 2 amide bonds. The van der Waals surface area contributed by atoms with Crippen LogP contribution in [-0.4, -0.2) is 47.4 Å². The summed E-state index contributed by atoms with van der Waals surface area (Å²) in [6.45, 7) is 0.494. The van der Waals surface area contributed by atoms with Gasteiger partial charge >= 0.3 is 5.97 Å². The largest absolute Gasteiger partial charge is 0.478 e. The van der Waals surface area contributed by atoms with Crippen LogP contribution in [0.4, 0.5) is 0 Å². The van der Waals surface area contributed by atoms with Crippen LogP contribution in [-0.2, 0) is 10.5 Å². The normalized spacial score (nSPS) is 16.7. The topological polar surface area (TPSA) is 99.8 Å². The number of nitrogens with one attached hydrogen (secondary N) is 1. The van der Waals surface area contributed by atoms with Crippen molar-refractivity contribution in [2.75, 3.05) is 13.6 Å². The van der Waals surface area contributed by atoms with E-state index in [2.05, 4.69) is 5.32 Å². The van der Waals surface area contributed by atoms with Gasteiger partial charge in [-0.2, -0.15) is 0 Å². The van der Waals surface area contributed by atoms with Gasteiger partial charge in [0, 0.05) is 24.9 Å². The molecule has 1 atom stereocenters. The number of hydrogen-bond acceptors (Lipinski definition) is 5. The molecule has 0 spiro atoms. The third-order valence-corrected chi connectivity index (χ3v) is 5.22. The maximum absolute atomic E-state index is 12.6. The average Bonchev–Trinajstić information content (AvgIpc) is 3.20. The summed E-state index contributed by atoms with van der Waals surface area (Å²) >= 11 is 1.33. The Kier molecular flexibility index (Phi) is 5.32. The number of furan rings is 1. The van der Waals surface area contributed by atoms with Crippen molar-refractivity contribution >= 4 is 29.5 Å². The van der Waals surface area contributed by atoms with Crippen LogP contribution in [0.1, 0.15) is 32.9 Å². The molecular weight excluding hydrogens is 356 g/mol.